The fourth-order valence-electron chi connectivity index (χ4n) is 4.54. The van der Waals surface area contributed by atoms with Gasteiger partial charge in [-0.2, -0.15) is 0 Å². The summed E-state index contributed by atoms with van der Waals surface area (Å²) < 4.78 is 0. The molecule has 32 heavy (non-hydrogen) atoms. The molecule has 6 nitrogen and oxygen atoms in total. The number of rotatable bonds is 9. The predicted octanol–water partition coefficient (Wildman–Crippen LogP) is 7.80. The molecule has 0 amide bonds. The maximum absolute atomic E-state index is 12.2. The van der Waals surface area contributed by atoms with Crippen LogP contribution in [0.25, 0.3) is 0 Å². The number of nitrogens with zero attached hydrogens (tertiary/aromatic N) is 2. The van der Waals surface area contributed by atoms with Gasteiger partial charge in [-0.3, -0.25) is 20.2 Å². The van der Waals surface area contributed by atoms with Gasteiger partial charge in [-0.05, 0) is 48.6 Å². The first-order valence-electron chi connectivity index (χ1n) is 11.5. The summed E-state index contributed by atoms with van der Waals surface area (Å²) in [5.74, 6) is 0.137. The Balaban J connectivity index is 2.73. The van der Waals surface area contributed by atoms with Gasteiger partial charge in [0.15, 0.2) is 0 Å². The van der Waals surface area contributed by atoms with Crippen molar-refractivity contribution in [3.05, 3.63) is 77.9 Å². The minimum atomic E-state index is -0.479. The summed E-state index contributed by atoms with van der Waals surface area (Å²) in [6, 6.07) is 7.49. The van der Waals surface area contributed by atoms with E-state index in [-0.39, 0.29) is 33.1 Å². The van der Waals surface area contributed by atoms with Crippen LogP contribution in [0.5, 0.6) is 0 Å². The van der Waals surface area contributed by atoms with E-state index < -0.39 is 5.92 Å². The molecule has 0 radical (unpaired) electrons. The third-order valence-electron chi connectivity index (χ3n) is 6.34. The SMILES string of the molecule is Cc1c(CCC(C)C)ccc(C(C)c2ccc(C(C)C)c(C(C)C)c2[N+](=O)[O-])c1[N+](=O)[O-]. The molecule has 2 aromatic rings. The first-order valence-corrected chi connectivity index (χ1v) is 11.5. The molecule has 174 valence electrons. The second kappa shape index (κ2) is 10.2. The lowest BCUT2D eigenvalue weighted by molar-refractivity contribution is -0.387. The summed E-state index contributed by atoms with van der Waals surface area (Å²) in [6.45, 7) is 15.9. The molecule has 2 rings (SSSR count). The Labute approximate surface area is 191 Å². The Hall–Kier alpha value is -2.76. The van der Waals surface area contributed by atoms with Crippen LogP contribution in [0.4, 0.5) is 11.4 Å². The van der Waals surface area contributed by atoms with E-state index in [2.05, 4.69) is 13.8 Å². The summed E-state index contributed by atoms with van der Waals surface area (Å²) in [4.78, 5) is 23.6. The monoisotopic (exact) mass is 440 g/mol. The Morgan fingerprint density at radius 1 is 0.750 bits per heavy atom. The number of aryl methyl sites for hydroxylation is 1. The van der Waals surface area contributed by atoms with Crippen LogP contribution in [0.2, 0.25) is 0 Å². The average Bonchev–Trinajstić information content (AvgIpc) is 2.70. The molecule has 0 saturated heterocycles. The first kappa shape index (κ1) is 25.5. The lowest BCUT2D eigenvalue weighted by Gasteiger charge is -2.21. The standard InChI is InChI=1S/C26H36N2O4/c1-15(2)9-10-20-11-12-22(25(18(20)7)27(29)30)19(8)23-14-13-21(16(3)4)24(17(5)6)26(23)28(31)32/h11-17,19H,9-10H2,1-8H3. The van der Waals surface area contributed by atoms with Crippen molar-refractivity contribution in [2.24, 2.45) is 5.92 Å². The molecule has 0 aromatic heterocycles. The molecule has 0 fully saturated rings. The molecule has 1 atom stereocenters. The third kappa shape index (κ3) is 5.17. The van der Waals surface area contributed by atoms with Crippen molar-refractivity contribution in [2.45, 2.75) is 86.0 Å². The summed E-state index contributed by atoms with van der Waals surface area (Å²) in [7, 11) is 0. The molecular formula is C26H36N2O4. The molecular weight excluding hydrogens is 404 g/mol. The second-order valence-electron chi connectivity index (χ2n) is 9.77. The smallest absolute Gasteiger partial charge is 0.258 e. The Kier molecular flexibility index (Phi) is 8.16. The highest BCUT2D eigenvalue weighted by atomic mass is 16.6. The zero-order valence-electron chi connectivity index (χ0n) is 20.6. The van der Waals surface area contributed by atoms with Gasteiger partial charge in [0.1, 0.15) is 0 Å². The highest BCUT2D eigenvalue weighted by Crippen LogP contribution is 2.43. The number of hydrogen-bond donors (Lipinski definition) is 0. The molecule has 0 aliphatic rings. The summed E-state index contributed by atoms with van der Waals surface area (Å²) >= 11 is 0. The van der Waals surface area contributed by atoms with Gasteiger partial charge in [0, 0.05) is 28.2 Å². The third-order valence-corrected chi connectivity index (χ3v) is 6.34. The van der Waals surface area contributed by atoms with Crippen LogP contribution >= 0.6 is 0 Å². The zero-order valence-corrected chi connectivity index (χ0v) is 20.6. The first-order chi connectivity index (χ1) is 14.9. The van der Waals surface area contributed by atoms with E-state index in [4.69, 9.17) is 0 Å². The van der Waals surface area contributed by atoms with Gasteiger partial charge < -0.3 is 0 Å². The van der Waals surface area contributed by atoms with Crippen molar-refractivity contribution in [3.63, 3.8) is 0 Å². The van der Waals surface area contributed by atoms with Crippen LogP contribution in [0.15, 0.2) is 24.3 Å². The van der Waals surface area contributed by atoms with E-state index in [9.17, 15) is 20.2 Å². The quantitative estimate of drug-likeness (QED) is 0.294. The lowest BCUT2D eigenvalue weighted by atomic mass is 9.82. The second-order valence-corrected chi connectivity index (χ2v) is 9.77. The van der Waals surface area contributed by atoms with Gasteiger partial charge in [-0.25, -0.2) is 0 Å². The summed E-state index contributed by atoms with van der Waals surface area (Å²) in [6.07, 6.45) is 1.73. The molecule has 0 spiro atoms. The molecule has 1 unspecified atom stereocenters. The molecule has 0 bridgehead atoms. The number of nitro groups is 2. The molecule has 2 aromatic carbocycles. The molecule has 6 heteroatoms. The highest BCUT2D eigenvalue weighted by Gasteiger charge is 2.32. The average molecular weight is 441 g/mol. The van der Waals surface area contributed by atoms with E-state index in [0.29, 0.717) is 22.6 Å². The fraction of sp³-hybridized carbons (Fsp3) is 0.538. The minimum Gasteiger partial charge on any atom is -0.258 e. The van der Waals surface area contributed by atoms with Crippen molar-refractivity contribution in [3.8, 4) is 0 Å². The largest absolute Gasteiger partial charge is 0.276 e. The van der Waals surface area contributed by atoms with E-state index in [1.54, 1.807) is 19.1 Å². The summed E-state index contributed by atoms with van der Waals surface area (Å²) in [5, 5.41) is 24.3. The minimum absolute atomic E-state index is 0.0323. The van der Waals surface area contributed by atoms with Gasteiger partial charge in [-0.15, -0.1) is 0 Å². The molecule has 0 N–H and O–H groups in total. The van der Waals surface area contributed by atoms with Gasteiger partial charge in [0.2, 0.25) is 0 Å². The fourth-order valence-corrected chi connectivity index (χ4v) is 4.54. The summed E-state index contributed by atoms with van der Waals surface area (Å²) in [5.41, 5.74) is 4.53. The zero-order chi connectivity index (χ0) is 24.3. The number of nitro benzene ring substituents is 2. The van der Waals surface area contributed by atoms with Crippen LogP contribution < -0.4 is 0 Å². The van der Waals surface area contributed by atoms with Crippen molar-refractivity contribution in [1.82, 2.24) is 0 Å². The van der Waals surface area contributed by atoms with Crippen molar-refractivity contribution in [1.29, 1.82) is 0 Å². The van der Waals surface area contributed by atoms with Crippen molar-refractivity contribution < 1.29 is 9.85 Å². The van der Waals surface area contributed by atoms with Gasteiger partial charge in [0.25, 0.3) is 11.4 Å². The normalized spacial score (nSPS) is 12.6. The Morgan fingerprint density at radius 3 is 1.72 bits per heavy atom. The molecule has 0 aliphatic carbocycles. The van der Waals surface area contributed by atoms with Crippen LogP contribution in [-0.2, 0) is 6.42 Å². The Bertz CT molecular complexity index is 1010. The lowest BCUT2D eigenvalue weighted by Crippen LogP contribution is -2.11. The molecule has 0 aliphatic heterocycles. The molecule has 0 saturated carbocycles. The predicted molar refractivity (Wildman–Crippen MR) is 130 cm³/mol. The molecule has 0 heterocycles. The van der Waals surface area contributed by atoms with Crippen molar-refractivity contribution in [2.75, 3.05) is 0 Å². The van der Waals surface area contributed by atoms with E-state index in [0.717, 1.165) is 29.5 Å². The highest BCUT2D eigenvalue weighted by molar-refractivity contribution is 5.61. The topological polar surface area (TPSA) is 86.3 Å². The maximum Gasteiger partial charge on any atom is 0.276 e. The van der Waals surface area contributed by atoms with Crippen molar-refractivity contribution >= 4 is 11.4 Å². The van der Waals surface area contributed by atoms with Gasteiger partial charge >= 0.3 is 0 Å². The van der Waals surface area contributed by atoms with E-state index >= 15 is 0 Å². The Morgan fingerprint density at radius 2 is 1.25 bits per heavy atom. The van der Waals surface area contributed by atoms with Gasteiger partial charge in [-0.1, -0.05) is 72.7 Å². The van der Waals surface area contributed by atoms with E-state index in [1.807, 2.05) is 46.8 Å². The van der Waals surface area contributed by atoms with Crippen LogP contribution in [0.1, 0.15) is 106 Å². The van der Waals surface area contributed by atoms with Crippen LogP contribution in [-0.4, -0.2) is 9.85 Å². The maximum atomic E-state index is 12.2. The van der Waals surface area contributed by atoms with Gasteiger partial charge in [0.05, 0.1) is 9.85 Å². The van der Waals surface area contributed by atoms with Crippen LogP contribution in [0.3, 0.4) is 0 Å². The number of benzene rings is 2. The van der Waals surface area contributed by atoms with E-state index in [1.165, 1.54) is 0 Å². The number of hydrogen-bond acceptors (Lipinski definition) is 4. The van der Waals surface area contributed by atoms with Crippen LogP contribution in [0, 0.1) is 33.1 Å².